The molecule has 1 heterocycles. The number of fused-ring (bicyclic) bond motifs is 1. The summed E-state index contributed by atoms with van der Waals surface area (Å²) in [5, 5.41) is 3.16. The van der Waals surface area contributed by atoms with Gasteiger partial charge in [0, 0.05) is 5.69 Å². The van der Waals surface area contributed by atoms with Crippen molar-refractivity contribution < 1.29 is 9.53 Å². The standard InChI is InChI=1S/C18H17N3O2/c1-3-23-18(22)16-17(19-13-10-8-12(2)9-11-13)21-15-7-5-4-6-14(15)20-16/h4-11H,3H2,1-2H3,(H,19,21). The van der Waals surface area contributed by atoms with E-state index in [9.17, 15) is 4.79 Å². The minimum atomic E-state index is -0.486. The molecule has 0 atom stereocenters. The van der Waals surface area contributed by atoms with Crippen molar-refractivity contribution in [2.45, 2.75) is 13.8 Å². The van der Waals surface area contributed by atoms with E-state index in [-0.39, 0.29) is 12.3 Å². The van der Waals surface area contributed by atoms with Gasteiger partial charge in [0.15, 0.2) is 11.5 Å². The van der Waals surface area contributed by atoms with Crippen molar-refractivity contribution in [1.29, 1.82) is 0 Å². The molecule has 0 aliphatic heterocycles. The van der Waals surface area contributed by atoms with Gasteiger partial charge < -0.3 is 10.1 Å². The highest BCUT2D eigenvalue weighted by Gasteiger charge is 2.17. The molecule has 0 bridgehead atoms. The number of aromatic nitrogens is 2. The van der Waals surface area contributed by atoms with Crippen LogP contribution in [0.4, 0.5) is 11.5 Å². The Morgan fingerprint density at radius 2 is 1.70 bits per heavy atom. The van der Waals surface area contributed by atoms with Crippen LogP contribution < -0.4 is 5.32 Å². The van der Waals surface area contributed by atoms with Crippen LogP contribution in [0.3, 0.4) is 0 Å². The maximum Gasteiger partial charge on any atom is 0.360 e. The smallest absolute Gasteiger partial charge is 0.360 e. The molecule has 0 unspecified atom stereocenters. The molecule has 0 spiro atoms. The van der Waals surface area contributed by atoms with Crippen LogP contribution in [0.2, 0.25) is 0 Å². The quantitative estimate of drug-likeness (QED) is 0.741. The Morgan fingerprint density at radius 1 is 1.04 bits per heavy atom. The molecule has 2 aromatic carbocycles. The Kier molecular flexibility index (Phi) is 4.19. The van der Waals surface area contributed by atoms with Gasteiger partial charge in [-0.15, -0.1) is 0 Å². The second-order valence-corrected chi connectivity index (χ2v) is 5.12. The molecule has 23 heavy (non-hydrogen) atoms. The number of hydrogen-bond acceptors (Lipinski definition) is 5. The summed E-state index contributed by atoms with van der Waals surface area (Å²) >= 11 is 0. The van der Waals surface area contributed by atoms with Crippen LogP contribution >= 0.6 is 0 Å². The van der Waals surface area contributed by atoms with Crippen LogP contribution in [-0.2, 0) is 4.74 Å². The van der Waals surface area contributed by atoms with E-state index in [1.54, 1.807) is 6.92 Å². The fourth-order valence-electron chi connectivity index (χ4n) is 2.20. The first-order valence-corrected chi connectivity index (χ1v) is 7.45. The van der Waals surface area contributed by atoms with Crippen molar-refractivity contribution in [3.63, 3.8) is 0 Å². The zero-order valence-corrected chi connectivity index (χ0v) is 13.0. The first-order valence-electron chi connectivity index (χ1n) is 7.45. The number of ether oxygens (including phenoxy) is 1. The third kappa shape index (κ3) is 3.29. The number of para-hydroxylation sites is 2. The Hall–Kier alpha value is -2.95. The summed E-state index contributed by atoms with van der Waals surface area (Å²) in [4.78, 5) is 21.1. The third-order valence-electron chi connectivity index (χ3n) is 3.35. The van der Waals surface area contributed by atoms with E-state index in [1.807, 2.05) is 55.5 Å². The number of rotatable bonds is 4. The molecule has 0 saturated heterocycles. The molecule has 3 rings (SSSR count). The second kappa shape index (κ2) is 6.44. The van der Waals surface area contributed by atoms with E-state index in [2.05, 4.69) is 15.3 Å². The van der Waals surface area contributed by atoms with Gasteiger partial charge in [0.1, 0.15) is 0 Å². The van der Waals surface area contributed by atoms with E-state index in [0.29, 0.717) is 11.3 Å². The molecule has 0 saturated carbocycles. The summed E-state index contributed by atoms with van der Waals surface area (Å²) in [7, 11) is 0. The summed E-state index contributed by atoms with van der Waals surface area (Å²) in [6, 6.07) is 15.3. The number of hydrogen-bond donors (Lipinski definition) is 1. The number of aryl methyl sites for hydroxylation is 1. The predicted molar refractivity (Wildman–Crippen MR) is 90.0 cm³/mol. The van der Waals surface area contributed by atoms with Gasteiger partial charge in [-0.25, -0.2) is 14.8 Å². The summed E-state index contributed by atoms with van der Waals surface area (Å²) in [5.41, 5.74) is 3.56. The molecule has 1 aromatic heterocycles. The highest BCUT2D eigenvalue weighted by Crippen LogP contribution is 2.22. The zero-order valence-electron chi connectivity index (χ0n) is 13.0. The Balaban J connectivity index is 2.06. The van der Waals surface area contributed by atoms with Crippen LogP contribution in [0.1, 0.15) is 23.0 Å². The summed E-state index contributed by atoms with van der Waals surface area (Å²) in [6.45, 7) is 4.07. The van der Waals surface area contributed by atoms with Gasteiger partial charge in [-0.05, 0) is 38.1 Å². The molecule has 0 fully saturated rings. The summed E-state index contributed by atoms with van der Waals surface area (Å²) in [6.07, 6.45) is 0. The largest absolute Gasteiger partial charge is 0.461 e. The average molecular weight is 307 g/mol. The van der Waals surface area contributed by atoms with Gasteiger partial charge in [0.05, 0.1) is 17.6 Å². The van der Waals surface area contributed by atoms with Gasteiger partial charge in [-0.1, -0.05) is 29.8 Å². The fraction of sp³-hybridized carbons (Fsp3) is 0.167. The second-order valence-electron chi connectivity index (χ2n) is 5.12. The van der Waals surface area contributed by atoms with Crippen LogP contribution in [0, 0.1) is 6.92 Å². The number of anilines is 2. The molecule has 3 aromatic rings. The molecule has 0 radical (unpaired) electrons. The highest BCUT2D eigenvalue weighted by atomic mass is 16.5. The maximum atomic E-state index is 12.2. The third-order valence-corrected chi connectivity index (χ3v) is 3.35. The number of esters is 1. The normalized spacial score (nSPS) is 10.5. The fourth-order valence-corrected chi connectivity index (χ4v) is 2.20. The van der Waals surface area contributed by atoms with Gasteiger partial charge in [0.2, 0.25) is 0 Å². The molecule has 116 valence electrons. The molecule has 5 nitrogen and oxygen atoms in total. The molecular formula is C18H17N3O2. The van der Waals surface area contributed by atoms with Crippen molar-refractivity contribution in [1.82, 2.24) is 9.97 Å². The van der Waals surface area contributed by atoms with Crippen LogP contribution in [0.25, 0.3) is 11.0 Å². The molecular weight excluding hydrogens is 290 g/mol. The van der Waals surface area contributed by atoms with Crippen molar-refractivity contribution >= 4 is 28.5 Å². The molecule has 5 heteroatoms. The number of carbonyl (C=O) groups is 1. The van der Waals surface area contributed by atoms with Gasteiger partial charge in [0.25, 0.3) is 0 Å². The number of carbonyl (C=O) groups excluding carboxylic acids is 1. The monoisotopic (exact) mass is 307 g/mol. The van der Waals surface area contributed by atoms with Crippen molar-refractivity contribution in [3.05, 3.63) is 59.8 Å². The zero-order chi connectivity index (χ0) is 16.2. The topological polar surface area (TPSA) is 64.1 Å². The van der Waals surface area contributed by atoms with Gasteiger partial charge in [-0.2, -0.15) is 0 Å². The van der Waals surface area contributed by atoms with Gasteiger partial charge in [-0.3, -0.25) is 0 Å². The maximum absolute atomic E-state index is 12.2. The van der Waals surface area contributed by atoms with E-state index in [0.717, 1.165) is 16.8 Å². The highest BCUT2D eigenvalue weighted by molar-refractivity contribution is 5.96. The SMILES string of the molecule is CCOC(=O)c1nc2ccccc2nc1Nc1ccc(C)cc1. The van der Waals surface area contributed by atoms with Crippen molar-refractivity contribution in [3.8, 4) is 0 Å². The average Bonchev–Trinajstić information content (AvgIpc) is 2.56. The summed E-state index contributed by atoms with van der Waals surface area (Å²) in [5.74, 6) is -0.0913. The van der Waals surface area contributed by atoms with E-state index in [4.69, 9.17) is 4.74 Å². The van der Waals surface area contributed by atoms with Gasteiger partial charge >= 0.3 is 5.97 Å². The lowest BCUT2D eigenvalue weighted by Crippen LogP contribution is -2.12. The molecule has 1 N–H and O–H groups in total. The van der Waals surface area contributed by atoms with E-state index < -0.39 is 5.97 Å². The lowest BCUT2D eigenvalue weighted by molar-refractivity contribution is 0.0521. The van der Waals surface area contributed by atoms with E-state index >= 15 is 0 Å². The van der Waals surface area contributed by atoms with E-state index in [1.165, 1.54) is 0 Å². The lowest BCUT2D eigenvalue weighted by Gasteiger charge is -2.11. The first kappa shape index (κ1) is 15.0. The van der Waals surface area contributed by atoms with Crippen molar-refractivity contribution in [2.24, 2.45) is 0 Å². The Morgan fingerprint density at radius 3 is 2.35 bits per heavy atom. The number of nitrogens with one attached hydrogen (secondary N) is 1. The van der Waals surface area contributed by atoms with Crippen molar-refractivity contribution in [2.75, 3.05) is 11.9 Å². The Labute approximate surface area is 134 Å². The summed E-state index contributed by atoms with van der Waals surface area (Å²) < 4.78 is 5.09. The number of benzene rings is 2. The minimum Gasteiger partial charge on any atom is -0.461 e. The molecule has 0 amide bonds. The first-order chi connectivity index (χ1) is 11.2. The predicted octanol–water partition coefficient (Wildman–Crippen LogP) is 3.86. The van der Waals surface area contributed by atoms with Crippen LogP contribution in [0.5, 0.6) is 0 Å². The number of nitrogens with zero attached hydrogens (tertiary/aromatic N) is 2. The van der Waals surface area contributed by atoms with Crippen LogP contribution in [0.15, 0.2) is 48.5 Å². The molecule has 0 aliphatic rings. The van der Waals surface area contributed by atoms with Crippen LogP contribution in [-0.4, -0.2) is 22.5 Å². The lowest BCUT2D eigenvalue weighted by atomic mass is 10.2. The molecule has 0 aliphatic carbocycles. The Bertz CT molecular complexity index is 845. The minimum absolute atomic E-state index is 0.186.